The Balaban J connectivity index is 1.26. The minimum absolute atomic E-state index is 0.243. The van der Waals surface area contributed by atoms with Gasteiger partial charge in [0.2, 0.25) is 11.8 Å². The first kappa shape index (κ1) is 14.6. The summed E-state index contributed by atoms with van der Waals surface area (Å²) < 4.78 is 11.3. The van der Waals surface area contributed by atoms with Crippen LogP contribution in [0.3, 0.4) is 0 Å². The molecule has 0 bridgehead atoms. The summed E-state index contributed by atoms with van der Waals surface area (Å²) in [6.07, 6.45) is 4.63. The minimum Gasteiger partial charge on any atom is -0.474 e. The largest absolute Gasteiger partial charge is 0.474 e. The molecule has 2 aliphatic rings. The summed E-state index contributed by atoms with van der Waals surface area (Å²) in [7, 11) is 0. The van der Waals surface area contributed by atoms with E-state index in [0.717, 1.165) is 55.8 Å². The van der Waals surface area contributed by atoms with Crippen LogP contribution in [0, 0.1) is 6.92 Å². The molecule has 4 rings (SSSR count). The zero-order valence-electron chi connectivity index (χ0n) is 13.4. The van der Waals surface area contributed by atoms with Crippen molar-refractivity contribution in [2.24, 2.45) is 0 Å². The Morgan fingerprint density at radius 2 is 2.00 bits per heavy atom. The Morgan fingerprint density at radius 1 is 1.17 bits per heavy atom. The second-order valence-corrected chi connectivity index (χ2v) is 6.53. The fourth-order valence-electron chi connectivity index (χ4n) is 2.97. The van der Waals surface area contributed by atoms with Crippen LogP contribution < -0.4 is 4.74 Å². The van der Waals surface area contributed by atoms with Gasteiger partial charge < -0.3 is 9.26 Å². The lowest BCUT2D eigenvalue weighted by atomic mass is 10.1. The molecule has 0 amide bonds. The molecule has 0 N–H and O–H groups in total. The summed E-state index contributed by atoms with van der Waals surface area (Å²) >= 11 is 0. The molecule has 0 unspecified atom stereocenters. The van der Waals surface area contributed by atoms with Gasteiger partial charge in [-0.1, -0.05) is 11.2 Å². The Morgan fingerprint density at radius 3 is 2.74 bits per heavy atom. The van der Waals surface area contributed by atoms with Crippen LogP contribution in [-0.2, 0) is 6.54 Å². The number of rotatable bonds is 5. The first-order valence-corrected chi connectivity index (χ1v) is 8.41. The van der Waals surface area contributed by atoms with Crippen LogP contribution in [0.5, 0.6) is 5.88 Å². The van der Waals surface area contributed by atoms with E-state index >= 15 is 0 Å². The quantitative estimate of drug-likeness (QED) is 0.845. The van der Waals surface area contributed by atoms with E-state index in [2.05, 4.69) is 20.0 Å². The Bertz CT molecular complexity index is 660. The van der Waals surface area contributed by atoms with E-state index in [1.54, 1.807) is 0 Å². The molecule has 2 fully saturated rings. The number of nitrogens with zero attached hydrogens (tertiary/aromatic N) is 4. The summed E-state index contributed by atoms with van der Waals surface area (Å²) in [5.74, 6) is 2.89. The van der Waals surface area contributed by atoms with Crippen molar-refractivity contribution in [1.82, 2.24) is 20.0 Å². The number of aromatic nitrogens is 3. The molecule has 122 valence electrons. The first-order chi connectivity index (χ1) is 11.3. The van der Waals surface area contributed by atoms with Crippen LogP contribution in [-0.4, -0.2) is 39.2 Å². The van der Waals surface area contributed by atoms with Crippen LogP contribution in [0.4, 0.5) is 0 Å². The molecule has 0 radical (unpaired) electrons. The second-order valence-electron chi connectivity index (χ2n) is 6.53. The van der Waals surface area contributed by atoms with E-state index in [0.29, 0.717) is 5.92 Å². The summed E-state index contributed by atoms with van der Waals surface area (Å²) in [4.78, 5) is 11.3. The molecule has 0 spiro atoms. The van der Waals surface area contributed by atoms with Crippen LogP contribution in [0.1, 0.15) is 49.0 Å². The number of hydrogen-bond donors (Lipinski definition) is 0. The molecule has 1 aliphatic carbocycles. The zero-order chi connectivity index (χ0) is 15.6. The van der Waals surface area contributed by atoms with Gasteiger partial charge in [-0.2, -0.15) is 4.98 Å². The first-order valence-electron chi connectivity index (χ1n) is 8.41. The molecule has 2 aromatic heterocycles. The Kier molecular flexibility index (Phi) is 3.99. The molecule has 23 heavy (non-hydrogen) atoms. The van der Waals surface area contributed by atoms with E-state index in [1.807, 2.05) is 25.1 Å². The van der Waals surface area contributed by atoms with Gasteiger partial charge in [0.1, 0.15) is 6.10 Å². The Labute approximate surface area is 135 Å². The molecule has 1 saturated carbocycles. The van der Waals surface area contributed by atoms with Crippen LogP contribution in [0.25, 0.3) is 0 Å². The van der Waals surface area contributed by atoms with Crippen LogP contribution in [0.15, 0.2) is 22.7 Å². The van der Waals surface area contributed by atoms with Crippen molar-refractivity contribution in [3.05, 3.63) is 35.6 Å². The van der Waals surface area contributed by atoms with Crippen molar-refractivity contribution in [1.29, 1.82) is 0 Å². The third-order valence-corrected chi connectivity index (χ3v) is 4.46. The van der Waals surface area contributed by atoms with Gasteiger partial charge in [-0.25, -0.2) is 4.98 Å². The van der Waals surface area contributed by atoms with Gasteiger partial charge in [0, 0.05) is 30.8 Å². The third kappa shape index (κ3) is 3.69. The summed E-state index contributed by atoms with van der Waals surface area (Å²) in [5, 5.41) is 4.10. The standard InChI is InChI=1S/C17H22N4O2/c1-12-3-2-4-16(18-12)22-14-7-9-21(10-8-14)11-15-19-17(23-20-15)13-5-6-13/h2-4,13-14H,5-11H2,1H3. The highest BCUT2D eigenvalue weighted by atomic mass is 16.5. The van der Waals surface area contributed by atoms with Gasteiger partial charge in [0.25, 0.3) is 0 Å². The van der Waals surface area contributed by atoms with Crippen LogP contribution in [0.2, 0.25) is 0 Å². The predicted octanol–water partition coefficient (Wildman–Crippen LogP) is 2.69. The normalized spacial score (nSPS) is 19.9. The molecule has 6 nitrogen and oxygen atoms in total. The number of piperidine rings is 1. The summed E-state index contributed by atoms with van der Waals surface area (Å²) in [6.45, 7) is 4.73. The van der Waals surface area contributed by atoms with Crippen LogP contribution >= 0.6 is 0 Å². The van der Waals surface area contributed by atoms with Gasteiger partial charge in [-0.3, -0.25) is 4.90 Å². The van der Waals surface area contributed by atoms with E-state index in [9.17, 15) is 0 Å². The molecular weight excluding hydrogens is 292 g/mol. The maximum Gasteiger partial charge on any atom is 0.229 e. The molecule has 0 aromatic carbocycles. The van der Waals surface area contributed by atoms with Crippen molar-refractivity contribution in [3.63, 3.8) is 0 Å². The fraction of sp³-hybridized carbons (Fsp3) is 0.588. The number of pyridine rings is 1. The molecule has 0 atom stereocenters. The lowest BCUT2D eigenvalue weighted by molar-refractivity contribution is 0.0913. The van der Waals surface area contributed by atoms with E-state index in [4.69, 9.17) is 9.26 Å². The van der Waals surface area contributed by atoms with Gasteiger partial charge in [-0.15, -0.1) is 0 Å². The number of likely N-dealkylation sites (tertiary alicyclic amines) is 1. The van der Waals surface area contributed by atoms with Crippen molar-refractivity contribution < 1.29 is 9.26 Å². The van der Waals surface area contributed by atoms with Crippen molar-refractivity contribution in [2.45, 2.75) is 51.2 Å². The Hall–Kier alpha value is -1.95. The molecule has 2 aromatic rings. The summed E-state index contributed by atoms with van der Waals surface area (Å²) in [5.41, 5.74) is 0.989. The van der Waals surface area contributed by atoms with Gasteiger partial charge in [-0.05, 0) is 38.7 Å². The molecule has 6 heteroatoms. The molecule has 1 saturated heterocycles. The van der Waals surface area contributed by atoms with Gasteiger partial charge in [0.05, 0.1) is 6.54 Å². The smallest absolute Gasteiger partial charge is 0.229 e. The van der Waals surface area contributed by atoms with E-state index in [1.165, 1.54) is 12.8 Å². The molecule has 1 aliphatic heterocycles. The van der Waals surface area contributed by atoms with Gasteiger partial charge >= 0.3 is 0 Å². The second kappa shape index (κ2) is 6.28. The highest BCUT2D eigenvalue weighted by Gasteiger charge is 2.30. The predicted molar refractivity (Wildman–Crippen MR) is 84.2 cm³/mol. The van der Waals surface area contributed by atoms with Crippen molar-refractivity contribution in [3.8, 4) is 5.88 Å². The molecular formula is C17H22N4O2. The van der Waals surface area contributed by atoms with Crippen molar-refractivity contribution >= 4 is 0 Å². The maximum absolute atomic E-state index is 5.99. The average molecular weight is 314 g/mol. The third-order valence-electron chi connectivity index (χ3n) is 4.46. The van der Waals surface area contributed by atoms with E-state index in [-0.39, 0.29) is 6.10 Å². The average Bonchev–Trinajstić information content (AvgIpc) is 3.30. The summed E-state index contributed by atoms with van der Waals surface area (Å²) in [6, 6.07) is 5.90. The maximum atomic E-state index is 5.99. The fourth-order valence-corrected chi connectivity index (χ4v) is 2.97. The minimum atomic E-state index is 0.243. The topological polar surface area (TPSA) is 64.3 Å². The number of aryl methyl sites for hydroxylation is 1. The number of ether oxygens (including phenoxy) is 1. The monoisotopic (exact) mass is 314 g/mol. The SMILES string of the molecule is Cc1cccc(OC2CCN(Cc3noc(C4CC4)n3)CC2)n1. The highest BCUT2D eigenvalue weighted by Crippen LogP contribution is 2.38. The van der Waals surface area contributed by atoms with Crippen molar-refractivity contribution in [2.75, 3.05) is 13.1 Å². The van der Waals surface area contributed by atoms with E-state index < -0.39 is 0 Å². The number of hydrogen-bond acceptors (Lipinski definition) is 6. The molecule has 3 heterocycles. The lowest BCUT2D eigenvalue weighted by Crippen LogP contribution is -2.38. The highest BCUT2D eigenvalue weighted by molar-refractivity contribution is 5.15. The van der Waals surface area contributed by atoms with Gasteiger partial charge in [0.15, 0.2) is 5.82 Å². The lowest BCUT2D eigenvalue weighted by Gasteiger charge is -2.31. The zero-order valence-corrected chi connectivity index (χ0v) is 13.4.